The predicted octanol–water partition coefficient (Wildman–Crippen LogP) is 1.63. The lowest BCUT2D eigenvalue weighted by Crippen LogP contribution is -2.37. The van der Waals surface area contributed by atoms with E-state index >= 15 is 0 Å². The number of hydrogen-bond acceptors (Lipinski definition) is 8. The molecule has 2 aliphatic rings. The van der Waals surface area contributed by atoms with E-state index in [4.69, 9.17) is 14.2 Å². The molecule has 1 fully saturated rings. The molecule has 0 unspecified atom stereocenters. The van der Waals surface area contributed by atoms with Gasteiger partial charge in [-0.25, -0.2) is 14.8 Å². The minimum Gasteiger partial charge on any atom is -0.486 e. The predicted molar refractivity (Wildman–Crippen MR) is 113 cm³/mol. The summed E-state index contributed by atoms with van der Waals surface area (Å²) in [7, 11) is 0. The Morgan fingerprint density at radius 2 is 1.83 bits per heavy atom. The third kappa shape index (κ3) is 5.20. The van der Waals surface area contributed by atoms with Crippen molar-refractivity contribution in [1.82, 2.24) is 15.3 Å². The van der Waals surface area contributed by atoms with Crippen LogP contribution < -0.4 is 30.3 Å². The summed E-state index contributed by atoms with van der Waals surface area (Å²) in [4.78, 5) is 23.3. The molecule has 3 N–H and O–H groups in total. The molecule has 30 heavy (non-hydrogen) atoms. The molecule has 0 bridgehead atoms. The van der Waals surface area contributed by atoms with E-state index in [2.05, 4.69) is 30.8 Å². The SMILES string of the molecule is Cc1nc(NCCNC(=O)Nc2ccc3c(c2)OCCO3)cc(N2CCOCC2)n1. The standard InChI is InChI=1S/C20H26N6O4/c1-14-23-18(13-19(24-14)26-6-8-28-9-7-26)21-4-5-22-20(27)25-15-2-3-16-17(12-15)30-11-10-29-16/h2-3,12-13H,4-11H2,1H3,(H,21,23,24)(H2,22,25,27). The number of amides is 2. The van der Waals surface area contributed by atoms with Crippen molar-refractivity contribution in [2.45, 2.75) is 6.92 Å². The van der Waals surface area contributed by atoms with Crippen molar-refractivity contribution < 1.29 is 19.0 Å². The van der Waals surface area contributed by atoms with Gasteiger partial charge in [0.2, 0.25) is 0 Å². The Morgan fingerprint density at radius 1 is 1.03 bits per heavy atom. The van der Waals surface area contributed by atoms with Gasteiger partial charge in [0.25, 0.3) is 0 Å². The van der Waals surface area contributed by atoms with Gasteiger partial charge in [0, 0.05) is 44.0 Å². The third-order valence-corrected chi connectivity index (χ3v) is 4.68. The Hall–Kier alpha value is -3.27. The van der Waals surface area contributed by atoms with Crippen LogP contribution in [0.15, 0.2) is 24.3 Å². The summed E-state index contributed by atoms with van der Waals surface area (Å²) >= 11 is 0. The number of fused-ring (bicyclic) bond motifs is 1. The van der Waals surface area contributed by atoms with E-state index in [9.17, 15) is 4.79 Å². The second kappa shape index (κ2) is 9.49. The van der Waals surface area contributed by atoms with Crippen LogP contribution in [-0.2, 0) is 4.74 Å². The average Bonchev–Trinajstić information content (AvgIpc) is 2.77. The molecular formula is C20H26N6O4. The number of anilines is 3. The summed E-state index contributed by atoms with van der Waals surface area (Å²) in [5.41, 5.74) is 0.645. The summed E-state index contributed by atoms with van der Waals surface area (Å²) in [6, 6.07) is 6.95. The maximum Gasteiger partial charge on any atom is 0.319 e. The van der Waals surface area contributed by atoms with Crippen LogP contribution >= 0.6 is 0 Å². The zero-order valence-electron chi connectivity index (χ0n) is 16.9. The fourth-order valence-electron chi connectivity index (χ4n) is 3.26. The quantitative estimate of drug-likeness (QED) is 0.612. The molecule has 0 aliphatic carbocycles. The van der Waals surface area contributed by atoms with Crippen LogP contribution in [0, 0.1) is 6.92 Å². The van der Waals surface area contributed by atoms with Gasteiger partial charge in [-0.05, 0) is 19.1 Å². The molecule has 1 aromatic carbocycles. The number of aryl methyl sites for hydroxylation is 1. The highest BCUT2D eigenvalue weighted by molar-refractivity contribution is 5.89. The zero-order valence-corrected chi connectivity index (χ0v) is 16.9. The van der Waals surface area contributed by atoms with Gasteiger partial charge in [-0.2, -0.15) is 0 Å². The second-order valence-electron chi connectivity index (χ2n) is 6.92. The third-order valence-electron chi connectivity index (χ3n) is 4.68. The van der Waals surface area contributed by atoms with Gasteiger partial charge in [-0.3, -0.25) is 0 Å². The topological polar surface area (TPSA) is 110 Å². The van der Waals surface area contributed by atoms with Crippen LogP contribution in [-0.4, -0.2) is 68.6 Å². The normalized spacial score (nSPS) is 15.4. The number of aromatic nitrogens is 2. The number of benzene rings is 1. The highest BCUT2D eigenvalue weighted by Gasteiger charge is 2.15. The first-order valence-corrected chi connectivity index (χ1v) is 10.0. The number of nitrogens with zero attached hydrogens (tertiary/aromatic N) is 3. The highest BCUT2D eigenvalue weighted by atomic mass is 16.6. The zero-order chi connectivity index (χ0) is 20.8. The lowest BCUT2D eigenvalue weighted by atomic mass is 10.2. The van der Waals surface area contributed by atoms with Crippen LogP contribution in [0.25, 0.3) is 0 Å². The van der Waals surface area contributed by atoms with Crippen molar-refractivity contribution in [3.63, 3.8) is 0 Å². The number of urea groups is 1. The van der Waals surface area contributed by atoms with E-state index in [0.717, 1.165) is 24.7 Å². The van der Waals surface area contributed by atoms with E-state index < -0.39 is 0 Å². The first-order chi connectivity index (χ1) is 14.7. The molecule has 0 saturated carbocycles. The van der Waals surface area contributed by atoms with E-state index in [-0.39, 0.29) is 6.03 Å². The lowest BCUT2D eigenvalue weighted by Gasteiger charge is -2.28. The molecule has 3 heterocycles. The van der Waals surface area contributed by atoms with Crippen LogP contribution in [0.2, 0.25) is 0 Å². The summed E-state index contributed by atoms with van der Waals surface area (Å²) < 4.78 is 16.4. The molecule has 10 nitrogen and oxygen atoms in total. The monoisotopic (exact) mass is 414 g/mol. The Kier molecular flexibility index (Phi) is 6.33. The smallest absolute Gasteiger partial charge is 0.319 e. The van der Waals surface area contributed by atoms with E-state index in [1.165, 1.54) is 0 Å². The van der Waals surface area contributed by atoms with Gasteiger partial charge >= 0.3 is 6.03 Å². The number of carbonyl (C=O) groups excluding carboxylic acids is 1. The largest absolute Gasteiger partial charge is 0.486 e. The molecule has 160 valence electrons. The maximum absolute atomic E-state index is 12.1. The molecule has 1 aromatic heterocycles. The number of ether oxygens (including phenoxy) is 3. The summed E-state index contributed by atoms with van der Waals surface area (Å²) in [6.07, 6.45) is 0. The minimum atomic E-state index is -0.290. The first kappa shape index (κ1) is 20.0. The van der Waals surface area contributed by atoms with Gasteiger partial charge in [-0.15, -0.1) is 0 Å². The number of rotatable bonds is 6. The molecular weight excluding hydrogens is 388 g/mol. The Balaban J connectivity index is 1.24. The molecule has 1 saturated heterocycles. The van der Waals surface area contributed by atoms with Crippen molar-refractivity contribution >= 4 is 23.4 Å². The Bertz CT molecular complexity index is 888. The molecule has 2 aromatic rings. The molecule has 2 aliphatic heterocycles. The highest BCUT2D eigenvalue weighted by Crippen LogP contribution is 2.32. The van der Waals surface area contributed by atoms with E-state index in [1.807, 2.05) is 13.0 Å². The summed E-state index contributed by atoms with van der Waals surface area (Å²) in [5.74, 6) is 3.64. The second-order valence-corrected chi connectivity index (χ2v) is 6.92. The molecule has 2 amide bonds. The summed E-state index contributed by atoms with van der Waals surface area (Å²) in [6.45, 7) is 6.92. The van der Waals surface area contributed by atoms with Gasteiger partial charge in [0.1, 0.15) is 30.7 Å². The average molecular weight is 414 g/mol. The van der Waals surface area contributed by atoms with Crippen molar-refractivity contribution in [3.05, 3.63) is 30.1 Å². The molecule has 0 spiro atoms. The number of carbonyl (C=O) groups is 1. The van der Waals surface area contributed by atoms with Crippen LogP contribution in [0.4, 0.5) is 22.1 Å². The fraction of sp³-hybridized carbons (Fsp3) is 0.450. The van der Waals surface area contributed by atoms with Crippen LogP contribution in [0.5, 0.6) is 11.5 Å². The summed E-state index contributed by atoms with van der Waals surface area (Å²) in [5, 5.41) is 8.85. The van der Waals surface area contributed by atoms with Crippen molar-refractivity contribution in [2.75, 3.05) is 68.1 Å². The molecule has 10 heteroatoms. The van der Waals surface area contributed by atoms with Gasteiger partial charge in [0.05, 0.1) is 13.2 Å². The van der Waals surface area contributed by atoms with Gasteiger partial charge in [-0.1, -0.05) is 0 Å². The van der Waals surface area contributed by atoms with E-state index in [1.54, 1.807) is 18.2 Å². The maximum atomic E-state index is 12.1. The van der Waals surface area contributed by atoms with Crippen molar-refractivity contribution in [2.24, 2.45) is 0 Å². The van der Waals surface area contributed by atoms with Gasteiger partial charge < -0.3 is 35.1 Å². The fourth-order valence-corrected chi connectivity index (χ4v) is 3.26. The number of nitrogens with one attached hydrogen (secondary N) is 3. The van der Waals surface area contributed by atoms with Crippen LogP contribution in [0.1, 0.15) is 5.82 Å². The van der Waals surface area contributed by atoms with Crippen LogP contribution in [0.3, 0.4) is 0 Å². The molecule has 4 rings (SSSR count). The number of morpholine rings is 1. The Labute approximate surface area is 174 Å². The van der Waals surface area contributed by atoms with Crippen molar-refractivity contribution in [1.29, 1.82) is 0 Å². The number of hydrogen-bond donors (Lipinski definition) is 3. The minimum absolute atomic E-state index is 0.290. The molecule has 0 atom stereocenters. The van der Waals surface area contributed by atoms with Crippen molar-refractivity contribution in [3.8, 4) is 11.5 Å². The van der Waals surface area contributed by atoms with E-state index in [0.29, 0.717) is 62.5 Å². The molecule has 0 radical (unpaired) electrons. The first-order valence-electron chi connectivity index (χ1n) is 10.0. The Morgan fingerprint density at radius 3 is 2.67 bits per heavy atom. The lowest BCUT2D eigenvalue weighted by molar-refractivity contribution is 0.122. The van der Waals surface area contributed by atoms with Gasteiger partial charge in [0.15, 0.2) is 11.5 Å².